The number of carbonyl (C=O) groups is 4. The van der Waals surface area contributed by atoms with Crippen LogP contribution in [-0.2, 0) is 23.8 Å². The van der Waals surface area contributed by atoms with E-state index in [4.69, 9.17) is 14.2 Å². The van der Waals surface area contributed by atoms with Gasteiger partial charge in [0.25, 0.3) is 18.1 Å². The monoisotopic (exact) mass is 405 g/mol. The van der Waals surface area contributed by atoms with E-state index in [0.717, 1.165) is 13.4 Å². The number of fused-ring (bicyclic) bond motifs is 1. The van der Waals surface area contributed by atoms with Gasteiger partial charge in [0, 0.05) is 11.6 Å². The Labute approximate surface area is 170 Å². The number of carbonyl (C=O) groups excluding carboxylic acids is 4. The average molecular weight is 405 g/mol. The van der Waals surface area contributed by atoms with Gasteiger partial charge in [-0.3, -0.25) is 9.59 Å². The minimum atomic E-state index is -1.16. The Hall–Kier alpha value is -4.20. The molecule has 0 fully saturated rings. The molecule has 2 aromatic rings. The van der Waals surface area contributed by atoms with Crippen LogP contribution in [0.1, 0.15) is 26.3 Å². The Bertz CT molecular complexity index is 1080. The molecule has 8 heteroatoms. The molecule has 2 aromatic carbocycles. The second-order valence-electron chi connectivity index (χ2n) is 6.36. The molecular weight excluding hydrogens is 390 g/mol. The highest BCUT2D eigenvalue weighted by molar-refractivity contribution is 6.24. The van der Waals surface area contributed by atoms with Crippen LogP contribution in [0, 0.1) is 0 Å². The molecule has 2 aliphatic heterocycles. The number of esters is 2. The van der Waals surface area contributed by atoms with Crippen LogP contribution in [0.25, 0.3) is 5.57 Å². The lowest BCUT2D eigenvalue weighted by molar-refractivity contribution is -0.150. The summed E-state index contributed by atoms with van der Waals surface area (Å²) in [7, 11) is 1.11. The summed E-state index contributed by atoms with van der Waals surface area (Å²) in [6.07, 6.45) is 1.01. The van der Waals surface area contributed by atoms with Crippen LogP contribution in [0.2, 0.25) is 0 Å². The van der Waals surface area contributed by atoms with Crippen molar-refractivity contribution in [1.82, 2.24) is 4.90 Å². The van der Waals surface area contributed by atoms with Gasteiger partial charge in [0.05, 0.1) is 18.2 Å². The van der Waals surface area contributed by atoms with E-state index >= 15 is 0 Å². The van der Waals surface area contributed by atoms with E-state index < -0.39 is 35.7 Å². The maximum atomic E-state index is 12.7. The number of imide groups is 1. The number of benzene rings is 2. The standard InChI is InChI=1S/C22H15NO7/c1-28-21(27)17(23-19(25)14-9-5-6-10-15(14)20(23)26)12-29-22-16(11-18(24)30-22)13-7-3-2-4-8-13/h2-12,22H,1H3/b17-12-/t22-/m0/s1. The first kappa shape index (κ1) is 19.1. The summed E-state index contributed by atoms with van der Waals surface area (Å²) in [5, 5.41) is 0. The highest BCUT2D eigenvalue weighted by Gasteiger charge is 2.41. The highest BCUT2D eigenvalue weighted by atomic mass is 16.7. The zero-order chi connectivity index (χ0) is 21.3. The molecule has 30 heavy (non-hydrogen) atoms. The van der Waals surface area contributed by atoms with Crippen LogP contribution in [0.4, 0.5) is 0 Å². The van der Waals surface area contributed by atoms with Gasteiger partial charge in [-0.05, 0) is 17.7 Å². The molecule has 2 amide bonds. The van der Waals surface area contributed by atoms with Gasteiger partial charge in [-0.1, -0.05) is 42.5 Å². The summed E-state index contributed by atoms with van der Waals surface area (Å²) in [5.74, 6) is -2.94. The van der Waals surface area contributed by atoms with Gasteiger partial charge < -0.3 is 14.2 Å². The molecular formula is C22H15NO7. The minimum Gasteiger partial charge on any atom is -0.464 e. The predicted molar refractivity (Wildman–Crippen MR) is 102 cm³/mol. The third-order valence-electron chi connectivity index (χ3n) is 4.59. The van der Waals surface area contributed by atoms with Crippen molar-refractivity contribution in [2.75, 3.05) is 7.11 Å². The van der Waals surface area contributed by atoms with Crippen molar-refractivity contribution in [3.8, 4) is 0 Å². The van der Waals surface area contributed by atoms with Gasteiger partial charge in [0.2, 0.25) is 0 Å². The van der Waals surface area contributed by atoms with E-state index in [1.54, 1.807) is 36.4 Å². The highest BCUT2D eigenvalue weighted by Crippen LogP contribution is 2.30. The average Bonchev–Trinajstić information content (AvgIpc) is 3.27. The van der Waals surface area contributed by atoms with E-state index in [2.05, 4.69) is 0 Å². The van der Waals surface area contributed by atoms with Crippen molar-refractivity contribution < 1.29 is 33.4 Å². The molecule has 2 aliphatic rings. The fraction of sp³-hybridized carbons (Fsp3) is 0.0909. The zero-order valence-electron chi connectivity index (χ0n) is 15.7. The number of methoxy groups -OCH3 is 1. The summed E-state index contributed by atoms with van der Waals surface area (Å²) in [6.45, 7) is 0. The summed E-state index contributed by atoms with van der Waals surface area (Å²) in [5.41, 5.74) is 1.01. The number of hydrogen-bond acceptors (Lipinski definition) is 7. The van der Waals surface area contributed by atoms with E-state index in [0.29, 0.717) is 16.0 Å². The van der Waals surface area contributed by atoms with Gasteiger partial charge >= 0.3 is 11.9 Å². The number of cyclic esters (lactones) is 1. The van der Waals surface area contributed by atoms with Gasteiger partial charge in [-0.15, -0.1) is 0 Å². The van der Waals surface area contributed by atoms with Crippen LogP contribution in [-0.4, -0.2) is 42.1 Å². The maximum absolute atomic E-state index is 12.7. The number of nitrogens with zero attached hydrogens (tertiary/aromatic N) is 1. The summed E-state index contributed by atoms with van der Waals surface area (Å²) >= 11 is 0. The van der Waals surface area contributed by atoms with Gasteiger partial charge in [-0.25, -0.2) is 14.5 Å². The van der Waals surface area contributed by atoms with Crippen molar-refractivity contribution in [3.63, 3.8) is 0 Å². The first-order valence-corrected chi connectivity index (χ1v) is 8.90. The maximum Gasteiger partial charge on any atom is 0.358 e. The Morgan fingerprint density at radius 3 is 2.17 bits per heavy atom. The Balaban J connectivity index is 1.65. The zero-order valence-corrected chi connectivity index (χ0v) is 15.7. The third-order valence-corrected chi connectivity index (χ3v) is 4.59. The summed E-state index contributed by atoms with van der Waals surface area (Å²) in [6, 6.07) is 15.1. The largest absolute Gasteiger partial charge is 0.464 e. The van der Waals surface area contributed by atoms with Gasteiger partial charge in [0.15, 0.2) is 5.70 Å². The third kappa shape index (κ3) is 3.24. The van der Waals surface area contributed by atoms with Crippen LogP contribution >= 0.6 is 0 Å². The van der Waals surface area contributed by atoms with Crippen molar-refractivity contribution in [3.05, 3.63) is 89.3 Å². The SMILES string of the molecule is COC(=O)/C(=C/O[C@H]1OC(=O)C=C1c1ccccc1)N1C(=O)c2ccccc2C1=O. The van der Waals surface area contributed by atoms with Crippen molar-refractivity contribution in [2.45, 2.75) is 6.29 Å². The summed E-state index contributed by atoms with van der Waals surface area (Å²) < 4.78 is 15.4. The Morgan fingerprint density at radius 2 is 1.57 bits per heavy atom. The number of hydrogen-bond donors (Lipinski definition) is 0. The molecule has 150 valence electrons. The molecule has 0 spiro atoms. The fourth-order valence-electron chi connectivity index (χ4n) is 3.18. The lowest BCUT2D eigenvalue weighted by Crippen LogP contribution is -2.34. The lowest BCUT2D eigenvalue weighted by Gasteiger charge is -2.18. The fourth-order valence-corrected chi connectivity index (χ4v) is 3.18. The molecule has 4 rings (SSSR count). The van der Waals surface area contributed by atoms with E-state index in [1.807, 2.05) is 6.07 Å². The molecule has 0 bridgehead atoms. The molecule has 1 atom stereocenters. The van der Waals surface area contributed by atoms with Gasteiger partial charge in [-0.2, -0.15) is 0 Å². The van der Waals surface area contributed by atoms with Crippen LogP contribution in [0.5, 0.6) is 0 Å². The molecule has 0 aliphatic carbocycles. The van der Waals surface area contributed by atoms with Crippen molar-refractivity contribution in [1.29, 1.82) is 0 Å². The number of rotatable bonds is 5. The minimum absolute atomic E-state index is 0.162. The van der Waals surface area contributed by atoms with Crippen molar-refractivity contribution in [2.24, 2.45) is 0 Å². The van der Waals surface area contributed by atoms with Crippen LogP contribution in [0.15, 0.2) is 72.6 Å². The molecule has 0 unspecified atom stereocenters. The smallest absolute Gasteiger partial charge is 0.358 e. The van der Waals surface area contributed by atoms with E-state index in [9.17, 15) is 19.2 Å². The lowest BCUT2D eigenvalue weighted by atomic mass is 10.1. The van der Waals surface area contributed by atoms with Crippen molar-refractivity contribution >= 4 is 29.3 Å². The van der Waals surface area contributed by atoms with E-state index in [-0.39, 0.29) is 11.1 Å². The Morgan fingerprint density at radius 1 is 0.967 bits per heavy atom. The van der Waals surface area contributed by atoms with Gasteiger partial charge in [0.1, 0.15) is 6.26 Å². The second-order valence-corrected chi connectivity index (χ2v) is 6.36. The second kappa shape index (κ2) is 7.67. The normalized spacial score (nSPS) is 18.1. The topological polar surface area (TPSA) is 99.2 Å². The molecule has 0 N–H and O–H groups in total. The number of amides is 2. The molecule has 0 radical (unpaired) electrons. The molecule has 0 saturated heterocycles. The van der Waals surface area contributed by atoms with Crippen LogP contribution in [0.3, 0.4) is 0 Å². The molecule has 8 nitrogen and oxygen atoms in total. The van der Waals surface area contributed by atoms with E-state index in [1.165, 1.54) is 18.2 Å². The molecule has 0 saturated carbocycles. The first-order chi connectivity index (χ1) is 14.5. The first-order valence-electron chi connectivity index (χ1n) is 8.90. The quantitative estimate of drug-likeness (QED) is 0.326. The Kier molecular flexibility index (Phi) is 4.89. The molecule has 0 aromatic heterocycles. The summed E-state index contributed by atoms with van der Waals surface area (Å²) in [4.78, 5) is 50.2. The predicted octanol–water partition coefficient (Wildman–Crippen LogP) is 2.28. The molecule has 2 heterocycles. The number of ether oxygens (including phenoxy) is 3. The van der Waals surface area contributed by atoms with Crippen LogP contribution < -0.4 is 0 Å².